The Morgan fingerprint density at radius 2 is 2.00 bits per heavy atom. The van der Waals surface area contributed by atoms with Crippen LogP contribution in [-0.4, -0.2) is 15.2 Å². The molecular weight excluding hydrogens is 158 g/mol. The predicted molar refractivity (Wildman–Crippen MR) is 51.3 cm³/mol. The number of rotatable bonds is 3. The molecule has 0 N–H and O–H groups in total. The molecule has 0 saturated heterocycles. The van der Waals surface area contributed by atoms with E-state index in [4.69, 9.17) is 0 Å². The summed E-state index contributed by atoms with van der Waals surface area (Å²) in [6.07, 6.45) is 3.73. The first-order valence-corrected chi connectivity index (χ1v) is 5.03. The van der Waals surface area contributed by atoms with Crippen LogP contribution in [0.1, 0.15) is 40.5 Å². The monoisotopic (exact) mass is 175 g/mol. The van der Waals surface area contributed by atoms with Gasteiger partial charge in [-0.3, -0.25) is 0 Å². The standard InChI is InChI=1S/C8H17NOS/c1-5-6-7-9-11(10)8(2,3)4/h7H,5-6H2,1-4H3/t11-/m1/s1. The lowest BCUT2D eigenvalue weighted by Gasteiger charge is -2.12. The predicted octanol–water partition coefficient (Wildman–Crippen LogP) is 2.32. The number of unbranched alkanes of at least 4 members (excludes halogenated alkanes) is 1. The fourth-order valence-corrected chi connectivity index (χ4v) is 0.965. The van der Waals surface area contributed by atoms with Crippen molar-refractivity contribution in [2.24, 2.45) is 4.40 Å². The van der Waals surface area contributed by atoms with Crippen molar-refractivity contribution in [3.05, 3.63) is 0 Å². The lowest BCUT2D eigenvalue weighted by molar-refractivity contribution is 0.650. The molecule has 0 aromatic carbocycles. The SMILES string of the molecule is CCCC=N[S@](=O)C(C)(C)C. The van der Waals surface area contributed by atoms with Gasteiger partial charge >= 0.3 is 0 Å². The molecule has 0 aromatic rings. The summed E-state index contributed by atoms with van der Waals surface area (Å²) in [6, 6.07) is 0. The Hall–Kier alpha value is -0.180. The zero-order valence-corrected chi connectivity index (χ0v) is 8.57. The molecule has 0 unspecified atom stereocenters. The molecule has 2 nitrogen and oxygen atoms in total. The van der Waals surface area contributed by atoms with Crippen LogP contribution in [-0.2, 0) is 11.0 Å². The first-order valence-electron chi connectivity index (χ1n) is 3.93. The smallest absolute Gasteiger partial charge is 0.144 e. The first-order chi connectivity index (χ1) is 4.98. The largest absolute Gasteiger partial charge is 0.234 e. The van der Waals surface area contributed by atoms with Crippen LogP contribution in [0.5, 0.6) is 0 Å². The summed E-state index contributed by atoms with van der Waals surface area (Å²) in [4.78, 5) is 0. The van der Waals surface area contributed by atoms with Crippen molar-refractivity contribution in [3.63, 3.8) is 0 Å². The lowest BCUT2D eigenvalue weighted by atomic mass is 10.3. The van der Waals surface area contributed by atoms with Gasteiger partial charge in [-0.25, -0.2) is 4.21 Å². The number of hydrogen-bond donors (Lipinski definition) is 0. The summed E-state index contributed by atoms with van der Waals surface area (Å²) in [6.45, 7) is 7.84. The van der Waals surface area contributed by atoms with E-state index in [-0.39, 0.29) is 4.75 Å². The fourth-order valence-electron chi connectivity index (χ4n) is 0.408. The van der Waals surface area contributed by atoms with Gasteiger partial charge in [0.15, 0.2) is 0 Å². The molecular formula is C8H17NOS. The maximum absolute atomic E-state index is 11.3. The van der Waals surface area contributed by atoms with Crippen molar-refractivity contribution in [2.45, 2.75) is 45.3 Å². The summed E-state index contributed by atoms with van der Waals surface area (Å²) in [5.41, 5.74) is 0. The van der Waals surface area contributed by atoms with Crippen molar-refractivity contribution in [3.8, 4) is 0 Å². The van der Waals surface area contributed by atoms with Gasteiger partial charge < -0.3 is 0 Å². The van der Waals surface area contributed by atoms with Gasteiger partial charge in [0, 0.05) is 6.21 Å². The minimum atomic E-state index is -1.07. The highest BCUT2D eigenvalue weighted by Gasteiger charge is 2.17. The van der Waals surface area contributed by atoms with E-state index in [0.717, 1.165) is 12.8 Å². The first kappa shape index (κ1) is 10.8. The molecule has 0 rings (SSSR count). The van der Waals surface area contributed by atoms with Crippen molar-refractivity contribution < 1.29 is 4.21 Å². The zero-order valence-electron chi connectivity index (χ0n) is 7.76. The summed E-state index contributed by atoms with van der Waals surface area (Å²) in [7, 11) is -1.07. The van der Waals surface area contributed by atoms with Crippen LogP contribution in [0, 0.1) is 0 Å². The Morgan fingerprint density at radius 3 is 2.36 bits per heavy atom. The van der Waals surface area contributed by atoms with Crippen LogP contribution in [0.2, 0.25) is 0 Å². The molecule has 0 aliphatic carbocycles. The van der Waals surface area contributed by atoms with E-state index < -0.39 is 11.0 Å². The maximum Gasteiger partial charge on any atom is 0.144 e. The van der Waals surface area contributed by atoms with E-state index in [9.17, 15) is 4.21 Å². The van der Waals surface area contributed by atoms with Crippen LogP contribution in [0.15, 0.2) is 4.40 Å². The van der Waals surface area contributed by atoms with Gasteiger partial charge in [0.1, 0.15) is 11.0 Å². The molecule has 3 heteroatoms. The van der Waals surface area contributed by atoms with E-state index >= 15 is 0 Å². The van der Waals surface area contributed by atoms with Crippen molar-refractivity contribution in [1.29, 1.82) is 0 Å². The molecule has 11 heavy (non-hydrogen) atoms. The molecule has 0 spiro atoms. The Bertz CT molecular complexity index is 158. The Morgan fingerprint density at radius 1 is 1.45 bits per heavy atom. The molecule has 66 valence electrons. The van der Waals surface area contributed by atoms with E-state index in [2.05, 4.69) is 11.3 Å². The molecule has 0 heterocycles. The van der Waals surface area contributed by atoms with Crippen LogP contribution >= 0.6 is 0 Å². The quantitative estimate of drug-likeness (QED) is 0.605. The molecule has 0 radical (unpaired) electrons. The van der Waals surface area contributed by atoms with E-state index in [1.807, 2.05) is 20.8 Å². The van der Waals surface area contributed by atoms with Gasteiger partial charge in [0.05, 0.1) is 4.75 Å². The van der Waals surface area contributed by atoms with Crippen molar-refractivity contribution >= 4 is 17.2 Å². The molecule has 0 saturated carbocycles. The third-order valence-corrected chi connectivity index (χ3v) is 2.50. The minimum absolute atomic E-state index is 0.218. The lowest BCUT2D eigenvalue weighted by Crippen LogP contribution is -2.19. The summed E-state index contributed by atoms with van der Waals surface area (Å²) in [5, 5.41) is 0. The van der Waals surface area contributed by atoms with Gasteiger partial charge in [0.25, 0.3) is 0 Å². The van der Waals surface area contributed by atoms with Gasteiger partial charge in [0.2, 0.25) is 0 Å². The average Bonchev–Trinajstić information content (AvgIpc) is 1.86. The van der Waals surface area contributed by atoms with Crippen LogP contribution in [0.25, 0.3) is 0 Å². The highest BCUT2D eigenvalue weighted by Crippen LogP contribution is 2.11. The zero-order chi connectivity index (χ0) is 8.91. The van der Waals surface area contributed by atoms with Crippen LogP contribution in [0.3, 0.4) is 0 Å². The fraction of sp³-hybridized carbons (Fsp3) is 0.875. The topological polar surface area (TPSA) is 29.4 Å². The van der Waals surface area contributed by atoms with E-state index in [1.54, 1.807) is 6.21 Å². The number of nitrogens with zero attached hydrogens (tertiary/aromatic N) is 1. The highest BCUT2D eigenvalue weighted by molar-refractivity contribution is 7.85. The Balaban J connectivity index is 3.88. The molecule has 0 amide bonds. The third-order valence-electron chi connectivity index (χ3n) is 1.11. The molecule has 1 atom stereocenters. The van der Waals surface area contributed by atoms with Crippen molar-refractivity contribution in [2.75, 3.05) is 0 Å². The molecule has 0 aromatic heterocycles. The average molecular weight is 175 g/mol. The summed E-state index contributed by atoms with van der Waals surface area (Å²) < 4.78 is 15.0. The molecule has 0 aliphatic heterocycles. The Kier molecular flexibility index (Phi) is 4.57. The number of hydrogen-bond acceptors (Lipinski definition) is 1. The summed E-state index contributed by atoms with van der Waals surface area (Å²) in [5.74, 6) is 0. The second kappa shape index (κ2) is 4.65. The highest BCUT2D eigenvalue weighted by atomic mass is 32.2. The van der Waals surface area contributed by atoms with Crippen LogP contribution < -0.4 is 0 Å². The van der Waals surface area contributed by atoms with E-state index in [0.29, 0.717) is 0 Å². The maximum atomic E-state index is 11.3. The molecule has 0 bridgehead atoms. The van der Waals surface area contributed by atoms with Crippen molar-refractivity contribution in [1.82, 2.24) is 0 Å². The molecule has 0 aliphatic rings. The van der Waals surface area contributed by atoms with Gasteiger partial charge in [-0.1, -0.05) is 13.3 Å². The Labute approximate surface area is 71.7 Å². The summed E-state index contributed by atoms with van der Waals surface area (Å²) >= 11 is 0. The van der Waals surface area contributed by atoms with Gasteiger partial charge in [-0.15, -0.1) is 0 Å². The third kappa shape index (κ3) is 5.13. The second-order valence-electron chi connectivity index (χ2n) is 3.44. The van der Waals surface area contributed by atoms with Gasteiger partial charge in [-0.05, 0) is 27.2 Å². The second-order valence-corrected chi connectivity index (χ2v) is 5.37. The van der Waals surface area contributed by atoms with E-state index in [1.165, 1.54) is 0 Å². The normalized spacial score (nSPS) is 15.6. The van der Waals surface area contributed by atoms with Gasteiger partial charge in [-0.2, -0.15) is 4.40 Å². The minimum Gasteiger partial charge on any atom is -0.234 e. The van der Waals surface area contributed by atoms with Crippen LogP contribution in [0.4, 0.5) is 0 Å². The molecule has 0 fully saturated rings.